The molecular weight excluding hydrogens is 156 g/mol. The van der Waals surface area contributed by atoms with Crippen molar-refractivity contribution in [2.45, 2.75) is 18.4 Å². The van der Waals surface area contributed by atoms with Crippen LogP contribution in [0.25, 0.3) is 0 Å². The molecule has 0 spiro atoms. The zero-order valence-corrected chi connectivity index (χ0v) is 6.49. The molecule has 0 aromatic heterocycles. The van der Waals surface area contributed by atoms with Crippen molar-refractivity contribution in [1.82, 2.24) is 0 Å². The van der Waals surface area contributed by atoms with Crippen LogP contribution in [-0.4, -0.2) is 15.3 Å². The van der Waals surface area contributed by atoms with E-state index in [4.69, 9.17) is 0 Å². The molecule has 3 heteroatoms. The Hall–Kier alpha value is -1.22. The minimum atomic E-state index is -0.977. The number of hydrogen-bond donors (Lipinski definition) is 3. The van der Waals surface area contributed by atoms with E-state index in [9.17, 15) is 15.3 Å². The molecule has 1 saturated carbocycles. The molecule has 0 saturated heterocycles. The summed E-state index contributed by atoms with van der Waals surface area (Å²) in [6, 6.07) is 4.47. The summed E-state index contributed by atoms with van der Waals surface area (Å²) in [5.74, 6) is -0.0648. The average molecular weight is 166 g/mol. The van der Waals surface area contributed by atoms with Crippen LogP contribution >= 0.6 is 0 Å². The van der Waals surface area contributed by atoms with Crippen LogP contribution in [0.4, 0.5) is 0 Å². The van der Waals surface area contributed by atoms with Gasteiger partial charge in [-0.3, -0.25) is 0 Å². The molecule has 3 nitrogen and oxygen atoms in total. The van der Waals surface area contributed by atoms with Gasteiger partial charge in [0, 0.05) is 0 Å². The van der Waals surface area contributed by atoms with Crippen LogP contribution in [0.5, 0.6) is 11.5 Å². The molecule has 1 aromatic rings. The Kier molecular flexibility index (Phi) is 1.32. The molecule has 1 aliphatic rings. The van der Waals surface area contributed by atoms with Gasteiger partial charge in [0.05, 0.1) is 11.2 Å². The summed E-state index contributed by atoms with van der Waals surface area (Å²) >= 11 is 0. The molecule has 0 aliphatic heterocycles. The Morgan fingerprint density at radius 2 is 1.58 bits per heavy atom. The van der Waals surface area contributed by atoms with Crippen LogP contribution in [-0.2, 0) is 5.60 Å². The van der Waals surface area contributed by atoms with E-state index < -0.39 is 5.60 Å². The summed E-state index contributed by atoms with van der Waals surface area (Å²) in [5.41, 5.74) is -0.708. The first-order chi connectivity index (χ1) is 5.63. The standard InChI is InChI=1S/C9H10O3/c10-6-2-1-3-7(11)8(6)9(12)4-5-9/h1-3,10-12H,4-5H2. The molecule has 2 rings (SSSR count). The van der Waals surface area contributed by atoms with Crippen LogP contribution in [0.3, 0.4) is 0 Å². The fourth-order valence-electron chi connectivity index (χ4n) is 1.37. The number of aliphatic hydroxyl groups is 1. The molecule has 0 bridgehead atoms. The summed E-state index contributed by atoms with van der Waals surface area (Å²) in [4.78, 5) is 0. The Bertz CT molecular complexity index is 295. The highest BCUT2D eigenvalue weighted by atomic mass is 16.3. The molecular formula is C9H10O3. The lowest BCUT2D eigenvalue weighted by Crippen LogP contribution is -2.04. The van der Waals surface area contributed by atoms with Crippen LogP contribution in [0, 0.1) is 0 Å². The van der Waals surface area contributed by atoms with Gasteiger partial charge in [0.25, 0.3) is 0 Å². The van der Waals surface area contributed by atoms with E-state index in [1.165, 1.54) is 12.1 Å². The molecule has 0 heterocycles. The third-order valence-electron chi connectivity index (χ3n) is 2.21. The predicted octanol–water partition coefficient (Wildman–Crippen LogP) is 1.08. The minimum Gasteiger partial charge on any atom is -0.507 e. The fourth-order valence-corrected chi connectivity index (χ4v) is 1.37. The molecule has 1 aliphatic carbocycles. The van der Waals surface area contributed by atoms with Crippen molar-refractivity contribution in [2.75, 3.05) is 0 Å². The van der Waals surface area contributed by atoms with Crippen molar-refractivity contribution in [1.29, 1.82) is 0 Å². The quantitative estimate of drug-likeness (QED) is 0.585. The zero-order valence-electron chi connectivity index (χ0n) is 6.49. The maximum atomic E-state index is 9.64. The van der Waals surface area contributed by atoms with Crippen molar-refractivity contribution in [3.8, 4) is 11.5 Å². The van der Waals surface area contributed by atoms with Gasteiger partial charge >= 0.3 is 0 Å². The maximum Gasteiger partial charge on any atom is 0.125 e. The smallest absolute Gasteiger partial charge is 0.125 e. The normalized spacial score (nSPS) is 19.1. The Morgan fingerprint density at radius 3 is 2.00 bits per heavy atom. The second-order valence-corrected chi connectivity index (χ2v) is 3.20. The number of aromatic hydroxyl groups is 2. The lowest BCUT2D eigenvalue weighted by molar-refractivity contribution is 0.144. The van der Waals surface area contributed by atoms with E-state index in [1.54, 1.807) is 6.07 Å². The van der Waals surface area contributed by atoms with E-state index in [1.807, 2.05) is 0 Å². The van der Waals surface area contributed by atoms with Gasteiger partial charge in [0.15, 0.2) is 0 Å². The molecule has 64 valence electrons. The van der Waals surface area contributed by atoms with Gasteiger partial charge < -0.3 is 15.3 Å². The summed E-state index contributed by atoms with van der Waals surface area (Å²) in [7, 11) is 0. The first-order valence-electron chi connectivity index (χ1n) is 3.87. The molecule has 0 radical (unpaired) electrons. The number of phenolic OH excluding ortho intramolecular Hbond substituents is 2. The predicted molar refractivity (Wildman–Crippen MR) is 42.9 cm³/mol. The minimum absolute atomic E-state index is 0.0324. The number of rotatable bonds is 1. The number of phenols is 2. The molecule has 0 atom stereocenters. The van der Waals surface area contributed by atoms with E-state index >= 15 is 0 Å². The van der Waals surface area contributed by atoms with Crippen LogP contribution in [0.15, 0.2) is 18.2 Å². The van der Waals surface area contributed by atoms with Gasteiger partial charge in [0.2, 0.25) is 0 Å². The first-order valence-corrected chi connectivity index (χ1v) is 3.87. The zero-order chi connectivity index (χ0) is 8.77. The van der Waals surface area contributed by atoms with E-state index in [0.29, 0.717) is 12.8 Å². The fraction of sp³-hybridized carbons (Fsp3) is 0.333. The monoisotopic (exact) mass is 166 g/mol. The van der Waals surface area contributed by atoms with Crippen molar-refractivity contribution in [3.63, 3.8) is 0 Å². The topological polar surface area (TPSA) is 60.7 Å². The Labute approximate surface area is 69.9 Å². The second-order valence-electron chi connectivity index (χ2n) is 3.20. The summed E-state index contributed by atoms with van der Waals surface area (Å²) < 4.78 is 0. The highest BCUT2D eigenvalue weighted by molar-refractivity contribution is 5.49. The van der Waals surface area contributed by atoms with Crippen molar-refractivity contribution in [3.05, 3.63) is 23.8 Å². The maximum absolute atomic E-state index is 9.64. The SMILES string of the molecule is Oc1cccc(O)c1C1(O)CC1. The van der Waals surface area contributed by atoms with Crippen molar-refractivity contribution < 1.29 is 15.3 Å². The van der Waals surface area contributed by atoms with Crippen molar-refractivity contribution in [2.24, 2.45) is 0 Å². The van der Waals surface area contributed by atoms with E-state index in [2.05, 4.69) is 0 Å². The summed E-state index contributed by atoms with van der Waals surface area (Å²) in [6.07, 6.45) is 1.22. The van der Waals surface area contributed by atoms with Gasteiger partial charge in [-0.25, -0.2) is 0 Å². The molecule has 3 N–H and O–H groups in total. The summed E-state index contributed by atoms with van der Waals surface area (Å²) in [6.45, 7) is 0. The molecule has 1 aromatic carbocycles. The molecule has 0 amide bonds. The first kappa shape index (κ1) is 7.43. The third-order valence-corrected chi connectivity index (χ3v) is 2.21. The second kappa shape index (κ2) is 2.14. The van der Waals surface area contributed by atoms with Gasteiger partial charge in [0.1, 0.15) is 11.5 Å². The van der Waals surface area contributed by atoms with Crippen LogP contribution in [0.2, 0.25) is 0 Å². The lowest BCUT2D eigenvalue weighted by Gasteiger charge is -2.11. The van der Waals surface area contributed by atoms with Crippen LogP contribution in [0.1, 0.15) is 18.4 Å². The highest BCUT2D eigenvalue weighted by Crippen LogP contribution is 2.51. The van der Waals surface area contributed by atoms with Gasteiger partial charge in [-0.1, -0.05) is 6.07 Å². The van der Waals surface area contributed by atoms with Gasteiger partial charge in [-0.05, 0) is 25.0 Å². The Balaban J connectivity index is 2.55. The van der Waals surface area contributed by atoms with Crippen molar-refractivity contribution >= 4 is 0 Å². The van der Waals surface area contributed by atoms with Crippen LogP contribution < -0.4 is 0 Å². The lowest BCUT2D eigenvalue weighted by atomic mass is 10.1. The Morgan fingerprint density at radius 1 is 1.08 bits per heavy atom. The third kappa shape index (κ3) is 0.940. The van der Waals surface area contributed by atoms with Gasteiger partial charge in [-0.15, -0.1) is 0 Å². The number of hydrogen-bond acceptors (Lipinski definition) is 3. The molecule has 0 unspecified atom stereocenters. The number of benzene rings is 1. The highest BCUT2D eigenvalue weighted by Gasteiger charge is 2.45. The van der Waals surface area contributed by atoms with Gasteiger partial charge in [-0.2, -0.15) is 0 Å². The largest absolute Gasteiger partial charge is 0.507 e. The van der Waals surface area contributed by atoms with E-state index in [-0.39, 0.29) is 17.1 Å². The summed E-state index contributed by atoms with van der Waals surface area (Å²) in [5, 5.41) is 28.3. The van der Waals surface area contributed by atoms with E-state index in [0.717, 1.165) is 0 Å². The molecule has 12 heavy (non-hydrogen) atoms. The average Bonchev–Trinajstić information content (AvgIpc) is 2.68. The molecule has 1 fully saturated rings.